The molecule has 0 bridgehead atoms. The van der Waals surface area contributed by atoms with Gasteiger partial charge < -0.3 is 4.42 Å². The molecule has 0 atom stereocenters. The number of nitrogens with zero attached hydrogens (tertiary/aromatic N) is 1. The first-order valence-corrected chi connectivity index (χ1v) is 6.04. The van der Waals surface area contributed by atoms with Gasteiger partial charge in [-0.2, -0.15) is 5.10 Å². The Morgan fingerprint density at radius 3 is 2.52 bits per heavy atom. The lowest BCUT2D eigenvalue weighted by Crippen LogP contribution is -2.21. The molecule has 0 unspecified atom stereocenters. The quantitative estimate of drug-likeness (QED) is 0.450. The monoisotopic (exact) mass is 287 g/mol. The summed E-state index contributed by atoms with van der Waals surface area (Å²) in [5.41, 5.74) is 4.22. The fourth-order valence-electron chi connectivity index (χ4n) is 1.61. The maximum Gasteiger partial charge on any atom is 0.274 e. The fraction of sp³-hybridized carbons (Fsp3) is 0.0714. The normalized spacial score (nSPS) is 10.6. The maximum atomic E-state index is 11.9. The molecule has 0 spiro atoms. The lowest BCUT2D eigenvalue weighted by molar-refractivity contribution is 0.0706. The molecule has 7 nitrogen and oxygen atoms in total. The van der Waals surface area contributed by atoms with E-state index in [0.29, 0.717) is 5.76 Å². The Hall–Kier alpha value is -2.93. The van der Waals surface area contributed by atoms with Crippen molar-refractivity contribution in [2.45, 2.75) is 6.92 Å². The zero-order chi connectivity index (χ0) is 15.2. The first-order chi connectivity index (χ1) is 10.1. The second-order valence-electron chi connectivity index (χ2n) is 4.17. The molecule has 3 N–H and O–H groups in total. The first kappa shape index (κ1) is 14.5. The standard InChI is InChI=1S/C14H13N3O4/c1-9-5-6-12(21-9)8-15-16-13(18)10-3-2-4-11(7-10)14(19)17-20/h2-8,20H,1H3,(H,16,18)(H,17,19)/b15-8+. The molecule has 108 valence electrons. The van der Waals surface area contributed by atoms with Gasteiger partial charge in [0.2, 0.25) is 0 Å². The molecule has 0 radical (unpaired) electrons. The van der Waals surface area contributed by atoms with Crippen LogP contribution in [-0.2, 0) is 0 Å². The van der Waals surface area contributed by atoms with Gasteiger partial charge in [0.15, 0.2) is 0 Å². The SMILES string of the molecule is Cc1ccc(/C=N/NC(=O)c2cccc(C(=O)NO)c2)o1. The third-order valence-electron chi connectivity index (χ3n) is 2.61. The number of amides is 2. The van der Waals surface area contributed by atoms with Crippen LogP contribution in [0.2, 0.25) is 0 Å². The highest BCUT2D eigenvalue weighted by Gasteiger charge is 2.09. The van der Waals surface area contributed by atoms with E-state index in [1.165, 1.54) is 36.0 Å². The van der Waals surface area contributed by atoms with Crippen molar-refractivity contribution in [3.63, 3.8) is 0 Å². The van der Waals surface area contributed by atoms with Crippen molar-refractivity contribution in [1.29, 1.82) is 0 Å². The van der Waals surface area contributed by atoms with Crippen LogP contribution in [0.4, 0.5) is 0 Å². The fourth-order valence-corrected chi connectivity index (χ4v) is 1.61. The van der Waals surface area contributed by atoms with Gasteiger partial charge in [-0.25, -0.2) is 10.9 Å². The molecule has 0 saturated heterocycles. The molecule has 0 aliphatic rings. The molecule has 1 aromatic heterocycles. The van der Waals surface area contributed by atoms with Gasteiger partial charge in [0.25, 0.3) is 11.8 Å². The minimum absolute atomic E-state index is 0.163. The lowest BCUT2D eigenvalue weighted by atomic mass is 10.1. The third-order valence-corrected chi connectivity index (χ3v) is 2.61. The number of hydrazone groups is 1. The lowest BCUT2D eigenvalue weighted by Gasteiger charge is -2.02. The number of rotatable bonds is 4. The van der Waals surface area contributed by atoms with Gasteiger partial charge in [0.05, 0.1) is 6.21 Å². The largest absolute Gasteiger partial charge is 0.460 e. The van der Waals surface area contributed by atoms with Gasteiger partial charge in [-0.05, 0) is 37.3 Å². The van der Waals surface area contributed by atoms with Gasteiger partial charge in [-0.3, -0.25) is 14.8 Å². The van der Waals surface area contributed by atoms with E-state index in [0.717, 1.165) is 5.76 Å². The third kappa shape index (κ3) is 3.77. The van der Waals surface area contributed by atoms with Crippen LogP contribution in [-0.4, -0.2) is 23.2 Å². The minimum atomic E-state index is -0.695. The van der Waals surface area contributed by atoms with Crippen LogP contribution >= 0.6 is 0 Å². The molecule has 7 heteroatoms. The topological polar surface area (TPSA) is 104 Å². The molecule has 0 aliphatic carbocycles. The van der Waals surface area contributed by atoms with Crippen molar-refractivity contribution in [1.82, 2.24) is 10.9 Å². The molecule has 2 amide bonds. The van der Waals surface area contributed by atoms with Gasteiger partial charge in [0, 0.05) is 11.1 Å². The van der Waals surface area contributed by atoms with Gasteiger partial charge in [-0.15, -0.1) is 0 Å². The molecule has 1 heterocycles. The summed E-state index contributed by atoms with van der Waals surface area (Å²) in [4.78, 5) is 23.1. The molecule has 2 rings (SSSR count). The Morgan fingerprint density at radius 2 is 1.90 bits per heavy atom. The number of carbonyl (C=O) groups is 2. The summed E-state index contributed by atoms with van der Waals surface area (Å²) in [5, 5.41) is 12.3. The highest BCUT2D eigenvalue weighted by atomic mass is 16.5. The minimum Gasteiger partial charge on any atom is -0.460 e. The number of benzene rings is 1. The second-order valence-corrected chi connectivity index (χ2v) is 4.17. The van der Waals surface area contributed by atoms with Crippen LogP contribution in [0, 0.1) is 6.92 Å². The van der Waals surface area contributed by atoms with E-state index in [2.05, 4.69) is 10.5 Å². The summed E-state index contributed by atoms with van der Waals surface area (Å²) >= 11 is 0. The van der Waals surface area contributed by atoms with Crippen LogP contribution < -0.4 is 10.9 Å². The van der Waals surface area contributed by atoms with Crippen LogP contribution in [0.3, 0.4) is 0 Å². The number of nitrogens with one attached hydrogen (secondary N) is 2. The average molecular weight is 287 g/mol. The number of hydrogen-bond acceptors (Lipinski definition) is 5. The summed E-state index contributed by atoms with van der Waals surface area (Å²) in [6, 6.07) is 9.36. The van der Waals surface area contributed by atoms with Crippen LogP contribution in [0.5, 0.6) is 0 Å². The predicted octanol–water partition coefficient (Wildman–Crippen LogP) is 1.47. The van der Waals surface area contributed by atoms with E-state index >= 15 is 0 Å². The number of carbonyl (C=O) groups excluding carboxylic acids is 2. The van der Waals surface area contributed by atoms with E-state index in [1.54, 1.807) is 19.1 Å². The van der Waals surface area contributed by atoms with Crippen molar-refractivity contribution < 1.29 is 19.2 Å². The second kappa shape index (κ2) is 6.49. The molecule has 0 aliphatic heterocycles. The highest BCUT2D eigenvalue weighted by molar-refractivity contribution is 5.99. The number of aryl methyl sites for hydroxylation is 1. The van der Waals surface area contributed by atoms with Gasteiger partial charge in [-0.1, -0.05) is 6.07 Å². The summed E-state index contributed by atoms with van der Waals surface area (Å²) in [7, 11) is 0. The zero-order valence-electron chi connectivity index (χ0n) is 11.2. The van der Waals surface area contributed by atoms with Crippen LogP contribution in [0.25, 0.3) is 0 Å². The van der Waals surface area contributed by atoms with Crippen LogP contribution in [0.15, 0.2) is 45.9 Å². The molecular formula is C14H13N3O4. The molecular weight excluding hydrogens is 274 g/mol. The number of hydrogen-bond donors (Lipinski definition) is 3. The predicted molar refractivity (Wildman–Crippen MR) is 74.2 cm³/mol. The molecule has 21 heavy (non-hydrogen) atoms. The Labute approximate surface area is 120 Å². The van der Waals surface area contributed by atoms with Crippen molar-refractivity contribution >= 4 is 18.0 Å². The number of hydroxylamine groups is 1. The Morgan fingerprint density at radius 1 is 1.19 bits per heavy atom. The summed E-state index contributed by atoms with van der Waals surface area (Å²) in [6.45, 7) is 1.80. The Balaban J connectivity index is 2.03. The van der Waals surface area contributed by atoms with Gasteiger partial charge >= 0.3 is 0 Å². The number of furan rings is 1. The van der Waals surface area contributed by atoms with Crippen molar-refractivity contribution in [3.05, 3.63) is 59.0 Å². The smallest absolute Gasteiger partial charge is 0.274 e. The molecule has 0 saturated carbocycles. The summed E-state index contributed by atoms with van der Waals surface area (Å²) in [5.74, 6) is 0.0769. The highest BCUT2D eigenvalue weighted by Crippen LogP contribution is 2.06. The van der Waals surface area contributed by atoms with E-state index in [1.807, 2.05) is 0 Å². The maximum absolute atomic E-state index is 11.9. The van der Waals surface area contributed by atoms with Crippen molar-refractivity contribution in [2.24, 2.45) is 5.10 Å². The molecule has 1 aromatic carbocycles. The van der Waals surface area contributed by atoms with E-state index in [-0.39, 0.29) is 11.1 Å². The van der Waals surface area contributed by atoms with Gasteiger partial charge in [0.1, 0.15) is 11.5 Å². The van der Waals surface area contributed by atoms with E-state index < -0.39 is 11.8 Å². The Kier molecular flexibility index (Phi) is 4.47. The van der Waals surface area contributed by atoms with Crippen LogP contribution in [0.1, 0.15) is 32.2 Å². The summed E-state index contributed by atoms with van der Waals surface area (Å²) < 4.78 is 5.25. The average Bonchev–Trinajstić information content (AvgIpc) is 2.92. The van der Waals surface area contributed by atoms with Crippen molar-refractivity contribution in [3.8, 4) is 0 Å². The first-order valence-electron chi connectivity index (χ1n) is 6.04. The van der Waals surface area contributed by atoms with E-state index in [9.17, 15) is 9.59 Å². The Bertz CT molecular complexity index is 691. The molecule has 2 aromatic rings. The van der Waals surface area contributed by atoms with Crippen molar-refractivity contribution in [2.75, 3.05) is 0 Å². The zero-order valence-corrected chi connectivity index (χ0v) is 11.2. The molecule has 0 fully saturated rings. The van der Waals surface area contributed by atoms with E-state index in [4.69, 9.17) is 9.62 Å². The summed E-state index contributed by atoms with van der Waals surface area (Å²) in [6.07, 6.45) is 1.37.